The van der Waals surface area contributed by atoms with Crippen molar-refractivity contribution in [1.29, 1.82) is 0 Å². The molecule has 146 valence electrons. The predicted octanol–water partition coefficient (Wildman–Crippen LogP) is 1.51. The number of hydrogen-bond acceptors (Lipinski definition) is 4. The minimum Gasteiger partial charge on any atom is -0.373 e. The van der Waals surface area contributed by atoms with Gasteiger partial charge in [-0.05, 0) is 52.6 Å². The van der Waals surface area contributed by atoms with E-state index in [0.29, 0.717) is 18.2 Å². The first kappa shape index (κ1) is 21.2. The molecule has 3 rings (SSSR count). The number of nitrogens with one attached hydrogen (secondary N) is 2. The molecule has 3 aliphatic rings. The molecule has 3 heterocycles. The molecule has 0 radical (unpaired) electrons. The minimum atomic E-state index is 0. The summed E-state index contributed by atoms with van der Waals surface area (Å²) in [4.78, 5) is 9.76. The Balaban J connectivity index is 0.00000225. The van der Waals surface area contributed by atoms with Gasteiger partial charge in [-0.2, -0.15) is 0 Å². The Labute approximate surface area is 170 Å². The summed E-state index contributed by atoms with van der Waals surface area (Å²) in [5, 5.41) is 6.97. The van der Waals surface area contributed by atoms with Gasteiger partial charge in [0, 0.05) is 39.3 Å². The molecule has 3 atom stereocenters. The van der Waals surface area contributed by atoms with Crippen LogP contribution in [0.1, 0.15) is 39.0 Å². The van der Waals surface area contributed by atoms with Gasteiger partial charge in [0.1, 0.15) is 0 Å². The van der Waals surface area contributed by atoms with E-state index >= 15 is 0 Å². The van der Waals surface area contributed by atoms with Crippen LogP contribution in [0.4, 0.5) is 0 Å². The van der Waals surface area contributed by atoms with E-state index in [2.05, 4.69) is 34.4 Å². The van der Waals surface area contributed by atoms with Crippen molar-refractivity contribution in [2.45, 2.75) is 57.3 Å². The Bertz CT molecular complexity index is 414. The maximum Gasteiger partial charge on any atom is 0.191 e. The first-order valence-corrected chi connectivity index (χ1v) is 9.86. The van der Waals surface area contributed by atoms with Crippen molar-refractivity contribution in [2.24, 2.45) is 4.99 Å². The molecule has 0 aromatic carbocycles. The fraction of sp³-hybridized carbons (Fsp3) is 0.944. The van der Waals surface area contributed by atoms with Gasteiger partial charge in [-0.15, -0.1) is 24.0 Å². The lowest BCUT2D eigenvalue weighted by molar-refractivity contribution is 0.0992. The number of halogens is 1. The van der Waals surface area contributed by atoms with E-state index in [1.165, 1.54) is 52.0 Å². The number of rotatable bonds is 7. The smallest absolute Gasteiger partial charge is 0.191 e. The minimum absolute atomic E-state index is 0. The summed E-state index contributed by atoms with van der Waals surface area (Å²) in [6.45, 7) is 10.0. The number of hydrogen-bond donors (Lipinski definition) is 2. The first-order chi connectivity index (χ1) is 11.7. The summed E-state index contributed by atoms with van der Waals surface area (Å²) >= 11 is 0. The number of ether oxygens (including phenoxy) is 1. The second-order valence-corrected chi connectivity index (χ2v) is 7.47. The molecule has 7 heteroatoms. The van der Waals surface area contributed by atoms with Crippen molar-refractivity contribution in [3.05, 3.63) is 0 Å². The van der Waals surface area contributed by atoms with Crippen LogP contribution in [-0.2, 0) is 4.74 Å². The summed E-state index contributed by atoms with van der Waals surface area (Å²) in [5.41, 5.74) is 0. The van der Waals surface area contributed by atoms with Crippen molar-refractivity contribution in [3.8, 4) is 0 Å². The molecule has 2 bridgehead atoms. The van der Waals surface area contributed by atoms with E-state index in [9.17, 15) is 0 Å². The molecule has 0 spiro atoms. The lowest BCUT2D eigenvalue weighted by Crippen LogP contribution is -2.47. The summed E-state index contributed by atoms with van der Waals surface area (Å²) in [6.07, 6.45) is 6.86. The van der Waals surface area contributed by atoms with E-state index in [0.717, 1.165) is 31.9 Å². The van der Waals surface area contributed by atoms with Crippen LogP contribution in [-0.4, -0.2) is 86.9 Å². The van der Waals surface area contributed by atoms with Crippen molar-refractivity contribution in [2.75, 3.05) is 52.9 Å². The van der Waals surface area contributed by atoms with Crippen LogP contribution < -0.4 is 10.6 Å². The zero-order chi connectivity index (χ0) is 16.8. The van der Waals surface area contributed by atoms with Crippen LogP contribution in [0.25, 0.3) is 0 Å². The topological polar surface area (TPSA) is 52.1 Å². The second kappa shape index (κ2) is 10.9. The quantitative estimate of drug-likeness (QED) is 0.259. The summed E-state index contributed by atoms with van der Waals surface area (Å²) in [5.74, 6) is 0.971. The van der Waals surface area contributed by atoms with Crippen molar-refractivity contribution in [1.82, 2.24) is 20.4 Å². The fourth-order valence-corrected chi connectivity index (χ4v) is 3.99. The number of likely N-dealkylation sites (N-methyl/N-ethyl adjacent to an activating group) is 1. The molecule has 25 heavy (non-hydrogen) atoms. The number of unbranched alkanes of at least 4 members (excludes halogenated alkanes) is 1. The summed E-state index contributed by atoms with van der Waals surface area (Å²) in [7, 11) is 2.21. The van der Waals surface area contributed by atoms with Gasteiger partial charge in [-0.25, -0.2) is 0 Å². The maximum atomic E-state index is 5.93. The largest absolute Gasteiger partial charge is 0.373 e. The molecular weight excluding hydrogens is 429 g/mol. The zero-order valence-electron chi connectivity index (χ0n) is 15.9. The third kappa shape index (κ3) is 6.52. The van der Waals surface area contributed by atoms with E-state index in [4.69, 9.17) is 9.73 Å². The fourth-order valence-electron chi connectivity index (χ4n) is 3.99. The van der Waals surface area contributed by atoms with Gasteiger partial charge in [0.25, 0.3) is 0 Å². The van der Waals surface area contributed by atoms with Gasteiger partial charge in [-0.3, -0.25) is 4.99 Å². The molecule has 3 fully saturated rings. The second-order valence-electron chi connectivity index (χ2n) is 7.47. The average molecular weight is 465 g/mol. The molecule has 3 saturated heterocycles. The molecule has 6 nitrogen and oxygen atoms in total. The number of piperazine rings is 1. The van der Waals surface area contributed by atoms with Gasteiger partial charge < -0.3 is 25.2 Å². The van der Waals surface area contributed by atoms with E-state index < -0.39 is 0 Å². The van der Waals surface area contributed by atoms with Crippen molar-refractivity contribution >= 4 is 29.9 Å². The molecule has 0 aliphatic carbocycles. The van der Waals surface area contributed by atoms with Gasteiger partial charge >= 0.3 is 0 Å². The highest BCUT2D eigenvalue weighted by atomic mass is 127. The third-order valence-corrected chi connectivity index (χ3v) is 5.52. The number of fused-ring (bicyclic) bond motifs is 2. The zero-order valence-corrected chi connectivity index (χ0v) is 18.2. The van der Waals surface area contributed by atoms with Gasteiger partial charge in [0.05, 0.1) is 18.2 Å². The molecule has 2 N–H and O–H groups in total. The number of aliphatic imine (C=N–C) groups is 1. The highest BCUT2D eigenvalue weighted by Gasteiger charge is 2.41. The standard InChI is InChI=1S/C18H35N5O.HI/c1-3-19-18(21-16-14-15-6-7-17(16)24-15)20-8-4-5-9-23-12-10-22(2)11-13-23;/h15-17H,3-14H2,1-2H3,(H2,19,20,21);1H. The van der Waals surface area contributed by atoms with Gasteiger partial charge in [-0.1, -0.05) is 0 Å². The number of nitrogens with zero attached hydrogens (tertiary/aromatic N) is 3. The highest BCUT2D eigenvalue weighted by Crippen LogP contribution is 2.34. The SMILES string of the molecule is CCNC(=NCCCCN1CCN(C)CC1)NC1CC2CCC1O2.I. The van der Waals surface area contributed by atoms with Gasteiger partial charge in [0.15, 0.2) is 5.96 Å². The lowest BCUT2D eigenvalue weighted by Gasteiger charge is -2.32. The van der Waals surface area contributed by atoms with Crippen LogP contribution in [0, 0.1) is 0 Å². The van der Waals surface area contributed by atoms with Crippen LogP contribution in [0.2, 0.25) is 0 Å². The maximum absolute atomic E-state index is 5.93. The van der Waals surface area contributed by atoms with Crippen LogP contribution >= 0.6 is 24.0 Å². The van der Waals surface area contributed by atoms with Crippen LogP contribution in [0.5, 0.6) is 0 Å². The Morgan fingerprint density at radius 3 is 2.60 bits per heavy atom. The highest BCUT2D eigenvalue weighted by molar-refractivity contribution is 14.0. The molecule has 0 amide bonds. The molecule has 0 saturated carbocycles. The van der Waals surface area contributed by atoms with Crippen LogP contribution in [0.15, 0.2) is 4.99 Å². The third-order valence-electron chi connectivity index (χ3n) is 5.52. The normalized spacial score (nSPS) is 30.3. The Morgan fingerprint density at radius 2 is 1.96 bits per heavy atom. The van der Waals surface area contributed by atoms with Crippen molar-refractivity contribution in [3.63, 3.8) is 0 Å². The number of guanidine groups is 1. The molecular formula is C18H36IN5O. The Morgan fingerprint density at radius 1 is 1.16 bits per heavy atom. The van der Waals surface area contributed by atoms with E-state index in [1.54, 1.807) is 0 Å². The summed E-state index contributed by atoms with van der Waals surface area (Å²) < 4.78 is 5.93. The lowest BCUT2D eigenvalue weighted by atomic mass is 9.96. The van der Waals surface area contributed by atoms with E-state index in [-0.39, 0.29) is 24.0 Å². The molecule has 3 aliphatic heterocycles. The predicted molar refractivity (Wildman–Crippen MR) is 114 cm³/mol. The van der Waals surface area contributed by atoms with Crippen LogP contribution in [0.3, 0.4) is 0 Å². The van der Waals surface area contributed by atoms with Crippen molar-refractivity contribution < 1.29 is 4.74 Å². The van der Waals surface area contributed by atoms with E-state index in [1.807, 2.05) is 0 Å². The molecule has 0 aromatic heterocycles. The molecule has 3 unspecified atom stereocenters. The van der Waals surface area contributed by atoms with Gasteiger partial charge in [0.2, 0.25) is 0 Å². The molecule has 0 aromatic rings. The Kier molecular flexibility index (Phi) is 9.23. The first-order valence-electron chi connectivity index (χ1n) is 9.86. The monoisotopic (exact) mass is 465 g/mol. The average Bonchev–Trinajstić information content (AvgIpc) is 3.19. The summed E-state index contributed by atoms with van der Waals surface area (Å²) in [6, 6.07) is 0.451. The Hall–Kier alpha value is -0.120.